The first kappa shape index (κ1) is 21.7. The number of benzene rings is 1. The second kappa shape index (κ2) is 10.7. The molecule has 8 nitrogen and oxygen atoms in total. The van der Waals surface area contributed by atoms with E-state index in [1.807, 2.05) is 44.2 Å². The van der Waals surface area contributed by atoms with Crippen LogP contribution in [0.1, 0.15) is 45.1 Å². The molecule has 3 N–H and O–H groups in total. The van der Waals surface area contributed by atoms with E-state index in [9.17, 15) is 19.6 Å². The normalized spacial score (nSPS) is 14.7. The van der Waals surface area contributed by atoms with Crippen molar-refractivity contribution in [1.82, 2.24) is 20.8 Å². The second-order valence-corrected chi connectivity index (χ2v) is 7.40. The van der Waals surface area contributed by atoms with Gasteiger partial charge in [-0.15, -0.1) is 0 Å². The fourth-order valence-corrected chi connectivity index (χ4v) is 3.25. The van der Waals surface area contributed by atoms with E-state index in [1.165, 1.54) is 10.0 Å². The van der Waals surface area contributed by atoms with Crippen molar-refractivity contribution in [3.8, 4) is 0 Å². The summed E-state index contributed by atoms with van der Waals surface area (Å²) in [5.74, 6) is -0.661. The van der Waals surface area contributed by atoms with Crippen LogP contribution in [-0.4, -0.2) is 52.2 Å². The molecule has 154 valence electrons. The minimum atomic E-state index is -0.947. The smallest absolute Gasteiger partial charge is 0.335 e. The van der Waals surface area contributed by atoms with Crippen molar-refractivity contribution in [2.45, 2.75) is 52.0 Å². The Morgan fingerprint density at radius 1 is 1.25 bits per heavy atom. The Bertz CT molecular complexity index is 665. The third-order valence-corrected chi connectivity index (χ3v) is 4.78. The monoisotopic (exact) mass is 390 g/mol. The summed E-state index contributed by atoms with van der Waals surface area (Å²) in [5, 5.41) is 14.4. The third kappa shape index (κ3) is 5.95. The van der Waals surface area contributed by atoms with Gasteiger partial charge in [-0.1, -0.05) is 44.2 Å². The van der Waals surface area contributed by atoms with Crippen molar-refractivity contribution in [1.29, 1.82) is 0 Å². The van der Waals surface area contributed by atoms with E-state index < -0.39 is 18.0 Å². The Morgan fingerprint density at radius 3 is 2.54 bits per heavy atom. The van der Waals surface area contributed by atoms with Gasteiger partial charge in [-0.25, -0.2) is 20.3 Å². The minimum absolute atomic E-state index is 0.231. The molecule has 1 aliphatic rings. The lowest BCUT2D eigenvalue weighted by Gasteiger charge is -2.36. The number of amides is 4. The number of aryl methyl sites for hydroxylation is 1. The zero-order valence-electron chi connectivity index (χ0n) is 16.6. The summed E-state index contributed by atoms with van der Waals surface area (Å²) in [6, 6.07) is 8.48. The molecule has 8 heteroatoms. The molecule has 4 amide bonds. The van der Waals surface area contributed by atoms with E-state index >= 15 is 0 Å². The van der Waals surface area contributed by atoms with E-state index in [2.05, 4.69) is 5.32 Å². The van der Waals surface area contributed by atoms with E-state index in [4.69, 9.17) is 0 Å². The van der Waals surface area contributed by atoms with Crippen molar-refractivity contribution in [3.63, 3.8) is 0 Å². The standard InChI is InChI=1S/C20H30N4O4/c1-15(2)11-12-18(25)24(23-14-13-21-20(23)27)17(19(26)22-28)10-6-9-16-7-4-3-5-8-16/h3-5,7-8,15,17,28H,6,9-14H2,1-2H3,(H,21,27)(H,22,26)/t17-/m0/s1. The number of rotatable bonds is 10. The molecular formula is C20H30N4O4. The van der Waals surface area contributed by atoms with Gasteiger partial charge in [0.1, 0.15) is 6.04 Å². The van der Waals surface area contributed by atoms with Crippen molar-refractivity contribution in [3.05, 3.63) is 35.9 Å². The predicted octanol–water partition coefficient (Wildman–Crippen LogP) is 2.09. The van der Waals surface area contributed by atoms with Gasteiger partial charge in [0, 0.05) is 13.0 Å². The molecule has 2 rings (SSSR count). The zero-order valence-corrected chi connectivity index (χ0v) is 16.6. The maximum atomic E-state index is 12.9. The van der Waals surface area contributed by atoms with Gasteiger partial charge in [-0.2, -0.15) is 0 Å². The molecule has 0 saturated carbocycles. The van der Waals surface area contributed by atoms with E-state index in [1.54, 1.807) is 5.48 Å². The van der Waals surface area contributed by atoms with E-state index in [-0.39, 0.29) is 12.3 Å². The van der Waals surface area contributed by atoms with Crippen LogP contribution in [0.3, 0.4) is 0 Å². The Morgan fingerprint density at radius 2 is 1.96 bits per heavy atom. The van der Waals surface area contributed by atoms with E-state index in [0.717, 1.165) is 12.0 Å². The highest BCUT2D eigenvalue weighted by molar-refractivity contribution is 5.89. The van der Waals surface area contributed by atoms with Gasteiger partial charge in [0.25, 0.3) is 5.91 Å². The average molecular weight is 390 g/mol. The summed E-state index contributed by atoms with van der Waals surface area (Å²) in [7, 11) is 0. The summed E-state index contributed by atoms with van der Waals surface area (Å²) in [5.41, 5.74) is 2.79. The summed E-state index contributed by atoms with van der Waals surface area (Å²) in [6.07, 6.45) is 2.58. The molecular weight excluding hydrogens is 360 g/mol. The lowest BCUT2D eigenvalue weighted by Crippen LogP contribution is -2.58. The first-order valence-corrected chi connectivity index (χ1v) is 9.79. The van der Waals surface area contributed by atoms with Gasteiger partial charge in [0.05, 0.1) is 6.54 Å². The maximum absolute atomic E-state index is 12.9. The van der Waals surface area contributed by atoms with Gasteiger partial charge in [-0.3, -0.25) is 14.8 Å². The summed E-state index contributed by atoms with van der Waals surface area (Å²) in [4.78, 5) is 37.5. The van der Waals surface area contributed by atoms with Crippen LogP contribution < -0.4 is 10.8 Å². The number of hydrogen-bond donors (Lipinski definition) is 3. The molecule has 1 fully saturated rings. The molecule has 28 heavy (non-hydrogen) atoms. The molecule has 0 aliphatic carbocycles. The molecule has 1 heterocycles. The third-order valence-electron chi connectivity index (χ3n) is 4.78. The van der Waals surface area contributed by atoms with Crippen LogP contribution >= 0.6 is 0 Å². The minimum Gasteiger partial charge on any atom is -0.335 e. The summed E-state index contributed by atoms with van der Waals surface area (Å²) >= 11 is 0. The molecule has 0 bridgehead atoms. The van der Waals surface area contributed by atoms with Gasteiger partial charge >= 0.3 is 6.03 Å². The number of nitrogens with zero attached hydrogens (tertiary/aromatic N) is 2. The molecule has 1 saturated heterocycles. The highest BCUT2D eigenvalue weighted by Crippen LogP contribution is 2.19. The van der Waals surface area contributed by atoms with Crippen molar-refractivity contribution < 1.29 is 19.6 Å². The second-order valence-electron chi connectivity index (χ2n) is 7.40. The number of hydroxylamine groups is 1. The largest absolute Gasteiger partial charge is 0.336 e. The topological polar surface area (TPSA) is 102 Å². The van der Waals surface area contributed by atoms with Crippen LogP contribution in [0.15, 0.2) is 30.3 Å². The average Bonchev–Trinajstić information content (AvgIpc) is 3.11. The van der Waals surface area contributed by atoms with Crippen LogP contribution in [0.2, 0.25) is 0 Å². The number of nitrogens with one attached hydrogen (secondary N) is 2. The fraction of sp³-hybridized carbons (Fsp3) is 0.550. The number of carbonyl (C=O) groups excluding carboxylic acids is 3. The molecule has 0 radical (unpaired) electrons. The van der Waals surface area contributed by atoms with Crippen molar-refractivity contribution in [2.75, 3.05) is 13.1 Å². The zero-order chi connectivity index (χ0) is 20.5. The first-order chi connectivity index (χ1) is 13.4. The molecule has 0 unspecified atom stereocenters. The molecule has 0 aromatic heterocycles. The number of urea groups is 1. The molecule has 1 aromatic rings. The molecule has 1 aliphatic heterocycles. The molecule has 0 spiro atoms. The van der Waals surface area contributed by atoms with Crippen molar-refractivity contribution >= 4 is 17.8 Å². The number of hydrazine groups is 1. The predicted molar refractivity (Wildman–Crippen MR) is 104 cm³/mol. The lowest BCUT2D eigenvalue weighted by molar-refractivity contribution is -0.158. The van der Waals surface area contributed by atoms with Crippen LogP contribution in [0.25, 0.3) is 0 Å². The summed E-state index contributed by atoms with van der Waals surface area (Å²) < 4.78 is 0. The van der Waals surface area contributed by atoms with Crippen LogP contribution in [0.4, 0.5) is 4.79 Å². The summed E-state index contributed by atoms with van der Waals surface area (Å²) in [6.45, 7) is 4.74. The van der Waals surface area contributed by atoms with Gasteiger partial charge in [0.2, 0.25) is 5.91 Å². The highest BCUT2D eigenvalue weighted by atomic mass is 16.5. The highest BCUT2D eigenvalue weighted by Gasteiger charge is 2.38. The Labute approximate surface area is 165 Å². The Balaban J connectivity index is 2.15. The van der Waals surface area contributed by atoms with Crippen molar-refractivity contribution in [2.24, 2.45) is 5.92 Å². The van der Waals surface area contributed by atoms with Crippen LogP contribution in [0, 0.1) is 5.92 Å². The Kier molecular flexibility index (Phi) is 8.25. The fourth-order valence-electron chi connectivity index (χ4n) is 3.25. The molecule has 1 aromatic carbocycles. The van der Waals surface area contributed by atoms with Gasteiger partial charge in [-0.05, 0) is 37.2 Å². The Hall–Kier alpha value is -2.61. The van der Waals surface area contributed by atoms with Crippen LogP contribution in [-0.2, 0) is 16.0 Å². The van der Waals surface area contributed by atoms with Gasteiger partial charge < -0.3 is 5.32 Å². The van der Waals surface area contributed by atoms with Crippen LogP contribution in [0.5, 0.6) is 0 Å². The number of carbonyl (C=O) groups is 3. The van der Waals surface area contributed by atoms with Gasteiger partial charge in [0.15, 0.2) is 0 Å². The lowest BCUT2D eigenvalue weighted by atomic mass is 10.0. The maximum Gasteiger partial charge on any atom is 0.336 e. The molecule has 1 atom stereocenters. The quantitative estimate of drug-likeness (QED) is 0.420. The van der Waals surface area contributed by atoms with E-state index in [0.29, 0.717) is 38.3 Å². The number of hydrogen-bond acceptors (Lipinski definition) is 4. The SMILES string of the molecule is CC(C)CCC(=O)N([C@@H](CCCc1ccccc1)C(=O)NO)N1CCNC1=O. The first-order valence-electron chi connectivity index (χ1n) is 9.79.